The average Bonchev–Trinajstić information content (AvgIpc) is 2.42. The van der Waals surface area contributed by atoms with Crippen LogP contribution < -0.4 is 5.73 Å². The molecule has 2 N–H and O–H groups in total. The zero-order chi connectivity index (χ0) is 6.27. The Morgan fingerprint density at radius 1 is 1.33 bits per heavy atom. The third-order valence-corrected chi connectivity index (χ3v) is 3.04. The fraction of sp³-hybridized carbons (Fsp3) is 1.00. The van der Waals surface area contributed by atoms with Crippen molar-refractivity contribution in [1.82, 2.24) is 0 Å². The van der Waals surface area contributed by atoms with Gasteiger partial charge >= 0.3 is 0 Å². The molecule has 0 saturated heterocycles. The normalized spacial score (nSPS) is 42.3. The Morgan fingerprint density at radius 2 is 2.11 bits per heavy atom. The summed E-state index contributed by atoms with van der Waals surface area (Å²) in [5, 5.41) is 0. The third-order valence-electron chi connectivity index (χ3n) is 3.04. The van der Waals surface area contributed by atoms with Crippen LogP contribution >= 0.6 is 0 Å². The molecule has 0 aromatic heterocycles. The second-order valence-electron chi connectivity index (χ2n) is 3.59. The molecule has 0 aromatic carbocycles. The molecule has 0 aromatic rings. The molecule has 2 fully saturated rings. The minimum Gasteiger partial charge on any atom is -0.330 e. The van der Waals surface area contributed by atoms with Gasteiger partial charge in [0.05, 0.1) is 0 Å². The van der Waals surface area contributed by atoms with Crippen LogP contribution in [0, 0.1) is 17.8 Å². The highest BCUT2D eigenvalue weighted by Crippen LogP contribution is 2.50. The van der Waals surface area contributed by atoms with E-state index in [4.69, 9.17) is 5.73 Å². The van der Waals surface area contributed by atoms with E-state index in [-0.39, 0.29) is 0 Å². The van der Waals surface area contributed by atoms with Gasteiger partial charge in [-0.25, -0.2) is 0 Å². The van der Waals surface area contributed by atoms with E-state index in [1.165, 1.54) is 25.7 Å². The molecular weight excluding hydrogens is 110 g/mol. The van der Waals surface area contributed by atoms with E-state index in [0.717, 1.165) is 24.3 Å². The summed E-state index contributed by atoms with van der Waals surface area (Å²) in [7, 11) is 0. The van der Waals surface area contributed by atoms with Gasteiger partial charge in [-0.3, -0.25) is 0 Å². The quantitative estimate of drug-likeness (QED) is 0.593. The molecule has 1 nitrogen and oxygen atoms in total. The second-order valence-corrected chi connectivity index (χ2v) is 3.59. The molecule has 9 heavy (non-hydrogen) atoms. The minimum absolute atomic E-state index is 0.926. The molecule has 1 heteroatoms. The van der Waals surface area contributed by atoms with Crippen LogP contribution in [0.1, 0.15) is 25.7 Å². The second kappa shape index (κ2) is 1.98. The van der Waals surface area contributed by atoms with Crippen molar-refractivity contribution in [3.8, 4) is 0 Å². The molecule has 2 aliphatic carbocycles. The molecule has 0 spiro atoms. The number of hydrogen-bond acceptors (Lipinski definition) is 1. The lowest BCUT2D eigenvalue weighted by Crippen LogP contribution is -2.16. The Balaban J connectivity index is 1.76. The monoisotopic (exact) mass is 125 g/mol. The maximum absolute atomic E-state index is 5.54. The molecule has 2 rings (SSSR count). The summed E-state index contributed by atoms with van der Waals surface area (Å²) in [6.07, 6.45) is 5.93. The SMILES string of the molecule is NC[C@H]1C[C@@H]1C1CCC1. The summed E-state index contributed by atoms with van der Waals surface area (Å²) >= 11 is 0. The Kier molecular flexibility index (Phi) is 1.26. The van der Waals surface area contributed by atoms with Gasteiger partial charge in [0.25, 0.3) is 0 Å². The Bertz CT molecular complexity index is 107. The summed E-state index contributed by atoms with van der Waals surface area (Å²) in [5.74, 6) is 3.08. The van der Waals surface area contributed by atoms with Gasteiger partial charge in [0.2, 0.25) is 0 Å². The van der Waals surface area contributed by atoms with E-state index in [0.29, 0.717) is 0 Å². The van der Waals surface area contributed by atoms with E-state index >= 15 is 0 Å². The van der Waals surface area contributed by atoms with Gasteiger partial charge in [0.1, 0.15) is 0 Å². The summed E-state index contributed by atoms with van der Waals surface area (Å²) in [6, 6.07) is 0. The number of nitrogens with two attached hydrogens (primary N) is 1. The molecule has 0 aliphatic heterocycles. The van der Waals surface area contributed by atoms with E-state index in [2.05, 4.69) is 0 Å². The lowest BCUT2D eigenvalue weighted by Gasteiger charge is -2.25. The first-order valence-corrected chi connectivity index (χ1v) is 4.12. The van der Waals surface area contributed by atoms with Crippen LogP contribution in [0.5, 0.6) is 0 Å². The maximum atomic E-state index is 5.54. The summed E-state index contributed by atoms with van der Waals surface area (Å²) in [4.78, 5) is 0. The van der Waals surface area contributed by atoms with Crippen LogP contribution in [0.2, 0.25) is 0 Å². The lowest BCUT2D eigenvalue weighted by atomic mass is 9.81. The van der Waals surface area contributed by atoms with Gasteiger partial charge in [-0.2, -0.15) is 0 Å². The smallest absolute Gasteiger partial charge is 0.00460 e. The van der Waals surface area contributed by atoms with Crippen molar-refractivity contribution in [3.05, 3.63) is 0 Å². The van der Waals surface area contributed by atoms with Crippen molar-refractivity contribution in [1.29, 1.82) is 0 Å². The van der Waals surface area contributed by atoms with E-state index in [1.807, 2.05) is 0 Å². The molecule has 2 atom stereocenters. The molecular formula is C8H15N. The van der Waals surface area contributed by atoms with Gasteiger partial charge in [0, 0.05) is 0 Å². The van der Waals surface area contributed by atoms with Crippen LogP contribution in [-0.2, 0) is 0 Å². The van der Waals surface area contributed by atoms with Gasteiger partial charge in [-0.15, -0.1) is 0 Å². The molecule has 0 bridgehead atoms. The van der Waals surface area contributed by atoms with Gasteiger partial charge < -0.3 is 5.73 Å². The lowest BCUT2D eigenvalue weighted by molar-refractivity contribution is 0.266. The first-order valence-electron chi connectivity index (χ1n) is 4.12. The highest BCUT2D eigenvalue weighted by atomic mass is 14.6. The van der Waals surface area contributed by atoms with E-state index < -0.39 is 0 Å². The number of hydrogen-bond donors (Lipinski definition) is 1. The Labute approximate surface area is 56.6 Å². The molecule has 0 unspecified atom stereocenters. The van der Waals surface area contributed by atoms with Crippen LogP contribution in [-0.4, -0.2) is 6.54 Å². The van der Waals surface area contributed by atoms with Crippen molar-refractivity contribution in [2.45, 2.75) is 25.7 Å². The van der Waals surface area contributed by atoms with E-state index in [9.17, 15) is 0 Å². The standard InChI is InChI=1S/C8H15N/c9-5-7-4-8(7)6-2-1-3-6/h6-8H,1-5,9H2/t7-,8-/m1/s1. The van der Waals surface area contributed by atoms with Gasteiger partial charge in [0.15, 0.2) is 0 Å². The fourth-order valence-electron chi connectivity index (χ4n) is 1.99. The van der Waals surface area contributed by atoms with Crippen LogP contribution in [0.3, 0.4) is 0 Å². The fourth-order valence-corrected chi connectivity index (χ4v) is 1.99. The largest absolute Gasteiger partial charge is 0.330 e. The zero-order valence-corrected chi connectivity index (χ0v) is 5.84. The first kappa shape index (κ1) is 5.72. The molecule has 2 aliphatic rings. The van der Waals surface area contributed by atoms with Crippen LogP contribution in [0.25, 0.3) is 0 Å². The first-order chi connectivity index (χ1) is 4.42. The van der Waals surface area contributed by atoms with Crippen molar-refractivity contribution in [2.75, 3.05) is 6.54 Å². The third kappa shape index (κ3) is 0.877. The Morgan fingerprint density at radius 3 is 2.44 bits per heavy atom. The number of rotatable bonds is 2. The minimum atomic E-state index is 0.926. The van der Waals surface area contributed by atoms with E-state index in [1.54, 1.807) is 0 Å². The maximum Gasteiger partial charge on any atom is -0.00460 e. The molecule has 0 radical (unpaired) electrons. The topological polar surface area (TPSA) is 26.0 Å². The predicted molar refractivity (Wildman–Crippen MR) is 38.0 cm³/mol. The highest BCUT2D eigenvalue weighted by Gasteiger charge is 2.43. The molecule has 2 saturated carbocycles. The molecule has 0 amide bonds. The van der Waals surface area contributed by atoms with Crippen molar-refractivity contribution < 1.29 is 0 Å². The van der Waals surface area contributed by atoms with Crippen molar-refractivity contribution >= 4 is 0 Å². The highest BCUT2D eigenvalue weighted by molar-refractivity contribution is 4.94. The van der Waals surface area contributed by atoms with Crippen molar-refractivity contribution in [3.63, 3.8) is 0 Å². The zero-order valence-electron chi connectivity index (χ0n) is 5.84. The summed E-state index contributed by atoms with van der Waals surface area (Å²) in [5.41, 5.74) is 5.54. The Hall–Kier alpha value is -0.0400. The molecule has 0 heterocycles. The summed E-state index contributed by atoms with van der Waals surface area (Å²) in [6.45, 7) is 0.946. The average molecular weight is 125 g/mol. The van der Waals surface area contributed by atoms with Gasteiger partial charge in [-0.05, 0) is 30.7 Å². The summed E-state index contributed by atoms with van der Waals surface area (Å²) < 4.78 is 0. The van der Waals surface area contributed by atoms with Crippen LogP contribution in [0.4, 0.5) is 0 Å². The van der Waals surface area contributed by atoms with Gasteiger partial charge in [-0.1, -0.05) is 19.3 Å². The molecule has 52 valence electrons. The van der Waals surface area contributed by atoms with Crippen molar-refractivity contribution in [2.24, 2.45) is 23.5 Å². The predicted octanol–water partition coefficient (Wildman–Crippen LogP) is 1.38. The van der Waals surface area contributed by atoms with Crippen LogP contribution in [0.15, 0.2) is 0 Å².